The molecule has 3 heterocycles. The summed E-state index contributed by atoms with van der Waals surface area (Å²) in [5.41, 5.74) is 0.516. The number of hydrogen-bond acceptors (Lipinski definition) is 5. The number of nitrogens with zero attached hydrogens (tertiary/aromatic N) is 3. The van der Waals surface area contributed by atoms with Crippen molar-refractivity contribution in [1.82, 2.24) is 15.0 Å². The smallest absolute Gasteiger partial charge is 0.339 e. The normalized spacial score (nSPS) is 15.0. The number of likely N-dealkylation sites (tertiary alicyclic amines) is 1. The van der Waals surface area contributed by atoms with Crippen LogP contribution in [0.2, 0.25) is 0 Å². The van der Waals surface area contributed by atoms with E-state index in [2.05, 4.69) is 10.1 Å². The van der Waals surface area contributed by atoms with Crippen LogP contribution in [0.3, 0.4) is 0 Å². The summed E-state index contributed by atoms with van der Waals surface area (Å²) in [6, 6.07) is 6.63. The molecule has 2 aromatic heterocycles. The fraction of sp³-hybridized carbons (Fsp3) is 0.278. The van der Waals surface area contributed by atoms with Crippen molar-refractivity contribution in [1.29, 1.82) is 0 Å². The quantitative estimate of drug-likeness (QED) is 0.663. The summed E-state index contributed by atoms with van der Waals surface area (Å²) in [4.78, 5) is 18.9. The first-order chi connectivity index (χ1) is 12.8. The first-order valence-corrected chi connectivity index (χ1v) is 9.05. The van der Waals surface area contributed by atoms with Gasteiger partial charge < -0.3 is 9.42 Å². The third kappa shape index (κ3) is 3.46. The van der Waals surface area contributed by atoms with E-state index in [1.807, 2.05) is 18.4 Å². The Hall–Kier alpha value is -2.68. The Kier molecular flexibility index (Phi) is 4.26. The zero-order valence-electron chi connectivity index (χ0n) is 14.2. The molecular weight excluding hydrogens is 379 g/mol. The summed E-state index contributed by atoms with van der Waals surface area (Å²) in [5.74, 6) is 0.285. The van der Waals surface area contributed by atoms with Crippen LogP contribution in [0.15, 0.2) is 40.2 Å². The van der Waals surface area contributed by atoms with Gasteiger partial charge in [0, 0.05) is 18.7 Å². The molecule has 0 unspecified atom stereocenters. The Morgan fingerprint density at radius 2 is 2.07 bits per heavy atom. The zero-order chi connectivity index (χ0) is 19.2. The van der Waals surface area contributed by atoms with E-state index in [9.17, 15) is 18.0 Å². The summed E-state index contributed by atoms with van der Waals surface area (Å²) in [5, 5.41) is 5.71. The van der Waals surface area contributed by atoms with Crippen LogP contribution in [0.4, 0.5) is 13.2 Å². The number of aryl methyl sites for hydroxylation is 1. The second-order valence-corrected chi connectivity index (χ2v) is 7.34. The van der Waals surface area contributed by atoms with E-state index in [0.29, 0.717) is 23.9 Å². The topological polar surface area (TPSA) is 59.2 Å². The number of aromatic nitrogens is 2. The van der Waals surface area contributed by atoms with Gasteiger partial charge in [0.15, 0.2) is 0 Å². The maximum Gasteiger partial charge on any atom is 0.416 e. The van der Waals surface area contributed by atoms with E-state index in [1.165, 1.54) is 23.5 Å². The summed E-state index contributed by atoms with van der Waals surface area (Å²) >= 11 is 1.40. The molecule has 1 fully saturated rings. The molecule has 3 aromatic rings. The molecule has 0 radical (unpaired) electrons. The number of rotatable bonds is 3. The van der Waals surface area contributed by atoms with Crippen LogP contribution < -0.4 is 0 Å². The van der Waals surface area contributed by atoms with Crippen LogP contribution in [-0.4, -0.2) is 34.0 Å². The maximum absolute atomic E-state index is 12.8. The highest BCUT2D eigenvalue weighted by Gasteiger charge is 2.36. The second-order valence-electron chi connectivity index (χ2n) is 6.43. The van der Waals surface area contributed by atoms with Gasteiger partial charge >= 0.3 is 6.18 Å². The lowest BCUT2D eigenvalue weighted by Crippen LogP contribution is -2.48. The van der Waals surface area contributed by atoms with Crippen molar-refractivity contribution in [3.8, 4) is 11.4 Å². The molecule has 5 nitrogen and oxygen atoms in total. The van der Waals surface area contributed by atoms with Gasteiger partial charge in [-0.1, -0.05) is 17.3 Å². The molecule has 0 bridgehead atoms. The largest absolute Gasteiger partial charge is 0.416 e. The van der Waals surface area contributed by atoms with Crippen molar-refractivity contribution >= 4 is 17.2 Å². The highest BCUT2D eigenvalue weighted by molar-refractivity contribution is 7.12. The van der Waals surface area contributed by atoms with Crippen LogP contribution in [-0.2, 0) is 6.18 Å². The molecule has 0 N–H and O–H groups in total. The Labute approximate surface area is 156 Å². The molecule has 4 rings (SSSR count). The van der Waals surface area contributed by atoms with Gasteiger partial charge in [-0.25, -0.2) is 0 Å². The SMILES string of the molecule is Cc1csc(C(=O)N2CC(c3nc(-c4cccc(C(F)(F)F)c4)no3)C2)c1. The average Bonchev–Trinajstić information content (AvgIpc) is 3.22. The third-order valence-electron chi connectivity index (χ3n) is 4.35. The van der Waals surface area contributed by atoms with Gasteiger partial charge in [0.2, 0.25) is 11.7 Å². The van der Waals surface area contributed by atoms with Gasteiger partial charge in [-0.2, -0.15) is 18.2 Å². The minimum absolute atomic E-state index is 0.0398. The number of hydrogen-bond donors (Lipinski definition) is 0. The molecule has 1 aliphatic rings. The van der Waals surface area contributed by atoms with Gasteiger partial charge in [0.05, 0.1) is 16.4 Å². The van der Waals surface area contributed by atoms with E-state index in [0.717, 1.165) is 17.7 Å². The first kappa shape index (κ1) is 17.7. The summed E-state index contributed by atoms with van der Waals surface area (Å²) in [6.45, 7) is 2.82. The number of halogens is 3. The standard InChI is InChI=1S/C18H14F3N3O2S/c1-10-5-14(27-9-10)17(25)24-7-12(8-24)16-22-15(23-26-16)11-3-2-4-13(6-11)18(19,20)21/h2-6,9,12H,7-8H2,1H3. The Balaban J connectivity index is 1.45. The molecule has 27 heavy (non-hydrogen) atoms. The first-order valence-electron chi connectivity index (χ1n) is 8.17. The second kappa shape index (κ2) is 6.49. The van der Waals surface area contributed by atoms with E-state index in [1.54, 1.807) is 4.90 Å². The van der Waals surface area contributed by atoms with E-state index in [4.69, 9.17) is 4.52 Å². The monoisotopic (exact) mass is 393 g/mol. The molecule has 0 saturated carbocycles. The van der Waals surface area contributed by atoms with Crippen molar-refractivity contribution in [3.05, 3.63) is 57.6 Å². The molecule has 0 atom stereocenters. The van der Waals surface area contributed by atoms with Crippen molar-refractivity contribution in [2.75, 3.05) is 13.1 Å². The van der Waals surface area contributed by atoms with Gasteiger partial charge in [-0.05, 0) is 36.1 Å². The highest BCUT2D eigenvalue weighted by Crippen LogP contribution is 2.33. The van der Waals surface area contributed by atoms with Crippen molar-refractivity contribution < 1.29 is 22.5 Å². The Morgan fingerprint density at radius 3 is 2.74 bits per heavy atom. The number of alkyl halides is 3. The molecule has 1 aromatic carbocycles. The van der Waals surface area contributed by atoms with Crippen LogP contribution in [0.5, 0.6) is 0 Å². The van der Waals surface area contributed by atoms with Crippen LogP contribution in [0.25, 0.3) is 11.4 Å². The molecule has 1 aliphatic heterocycles. The lowest BCUT2D eigenvalue weighted by molar-refractivity contribution is -0.137. The van der Waals surface area contributed by atoms with Gasteiger partial charge in [-0.15, -0.1) is 11.3 Å². The average molecular weight is 393 g/mol. The number of carbonyl (C=O) groups excluding carboxylic acids is 1. The van der Waals surface area contributed by atoms with Crippen molar-refractivity contribution in [2.24, 2.45) is 0 Å². The minimum Gasteiger partial charge on any atom is -0.339 e. The summed E-state index contributed by atoms with van der Waals surface area (Å²) in [7, 11) is 0. The highest BCUT2D eigenvalue weighted by atomic mass is 32.1. The lowest BCUT2D eigenvalue weighted by atomic mass is 10.00. The number of amides is 1. The predicted molar refractivity (Wildman–Crippen MR) is 92.4 cm³/mol. The lowest BCUT2D eigenvalue weighted by Gasteiger charge is -2.36. The van der Waals surface area contributed by atoms with Gasteiger partial charge in [0.25, 0.3) is 5.91 Å². The minimum atomic E-state index is -4.43. The van der Waals surface area contributed by atoms with Crippen LogP contribution in [0, 0.1) is 6.92 Å². The number of benzene rings is 1. The summed E-state index contributed by atoms with van der Waals surface area (Å²) in [6.07, 6.45) is -4.43. The maximum atomic E-state index is 12.8. The van der Waals surface area contributed by atoms with Gasteiger partial charge in [0.1, 0.15) is 0 Å². The van der Waals surface area contributed by atoms with Crippen LogP contribution >= 0.6 is 11.3 Å². The van der Waals surface area contributed by atoms with E-state index in [-0.39, 0.29) is 23.2 Å². The zero-order valence-corrected chi connectivity index (χ0v) is 15.0. The van der Waals surface area contributed by atoms with Crippen LogP contribution in [0.1, 0.15) is 32.6 Å². The number of thiophene rings is 1. The van der Waals surface area contributed by atoms with Crippen molar-refractivity contribution in [2.45, 2.75) is 19.0 Å². The van der Waals surface area contributed by atoms with Gasteiger partial charge in [-0.3, -0.25) is 4.79 Å². The third-order valence-corrected chi connectivity index (χ3v) is 5.39. The molecule has 9 heteroatoms. The Morgan fingerprint density at radius 1 is 1.30 bits per heavy atom. The molecule has 0 aliphatic carbocycles. The molecule has 140 valence electrons. The fourth-order valence-electron chi connectivity index (χ4n) is 2.85. The predicted octanol–water partition coefficient (Wildman–Crippen LogP) is 4.36. The molecular formula is C18H14F3N3O2S. The van der Waals surface area contributed by atoms with E-state index < -0.39 is 11.7 Å². The molecule has 1 saturated heterocycles. The summed E-state index contributed by atoms with van der Waals surface area (Å²) < 4.78 is 43.7. The molecule has 1 amide bonds. The van der Waals surface area contributed by atoms with E-state index >= 15 is 0 Å². The molecule has 0 spiro atoms. The fourth-order valence-corrected chi connectivity index (χ4v) is 3.72. The number of carbonyl (C=O) groups is 1. The van der Waals surface area contributed by atoms with Crippen molar-refractivity contribution in [3.63, 3.8) is 0 Å². The Bertz CT molecular complexity index is 990.